The zero-order valence-electron chi connectivity index (χ0n) is 21.2. The molecule has 2 aromatic heterocycles. The lowest BCUT2D eigenvalue weighted by atomic mass is 9.97. The Kier molecular flexibility index (Phi) is 6.89. The molecular weight excluding hydrogens is 544 g/mol. The Morgan fingerprint density at radius 3 is 2.77 bits per heavy atom. The predicted octanol–water partition coefficient (Wildman–Crippen LogP) is 4.78. The average Bonchev–Trinajstić information content (AvgIpc) is 3.51. The molecule has 2 aromatic carbocycles. The van der Waals surface area contributed by atoms with E-state index in [1.165, 1.54) is 12.1 Å². The molecule has 0 amide bonds. The predicted molar refractivity (Wildman–Crippen MR) is 151 cm³/mol. The lowest BCUT2D eigenvalue weighted by molar-refractivity contribution is 0.188. The minimum absolute atomic E-state index is 0.0231. The number of nitrogens with two attached hydrogens (primary N) is 1. The minimum Gasteiger partial charge on any atom is -0.462 e. The van der Waals surface area contributed by atoms with E-state index in [1.54, 1.807) is 6.07 Å². The van der Waals surface area contributed by atoms with Crippen molar-refractivity contribution < 1.29 is 13.5 Å². The summed E-state index contributed by atoms with van der Waals surface area (Å²) in [5.41, 5.74) is 6.45. The molecule has 6 rings (SSSR count). The maximum Gasteiger partial charge on any atom is 0.319 e. The van der Waals surface area contributed by atoms with Crippen LogP contribution < -0.4 is 20.7 Å². The molecule has 1 unspecified atom stereocenters. The van der Waals surface area contributed by atoms with Crippen molar-refractivity contribution in [1.82, 2.24) is 20.2 Å². The van der Waals surface area contributed by atoms with E-state index in [4.69, 9.17) is 27.1 Å². The third-order valence-corrected chi connectivity index (χ3v) is 8.86. The SMILES string of the molecule is CN1CCCC1COc1nc(N2CCNCC2)c2cc(Cl)c(-c3ccc(F)c4sc(N)c(C#N)c34)c(F)c2n1. The molecule has 4 heterocycles. The van der Waals surface area contributed by atoms with Crippen molar-refractivity contribution in [3.63, 3.8) is 0 Å². The number of fused-ring (bicyclic) bond motifs is 2. The number of hydrogen-bond donors (Lipinski definition) is 2. The summed E-state index contributed by atoms with van der Waals surface area (Å²) in [6.07, 6.45) is 2.10. The Labute approximate surface area is 232 Å². The fraction of sp³-hybridized carbons (Fsp3) is 0.370. The second-order valence-corrected chi connectivity index (χ2v) is 11.3. The van der Waals surface area contributed by atoms with Crippen LogP contribution in [0.25, 0.3) is 32.1 Å². The Bertz CT molecular complexity index is 1630. The van der Waals surface area contributed by atoms with Gasteiger partial charge < -0.3 is 25.6 Å². The van der Waals surface area contributed by atoms with E-state index in [0.29, 0.717) is 30.9 Å². The second-order valence-electron chi connectivity index (χ2n) is 9.85. The standard InChI is InChI=1S/C27H26ClF2N7OS/c1-36-8-2-3-14(36)13-38-27-34-23-16(26(35-27)37-9-6-33-7-10-37)11-18(28)21(22(23)30)15-4-5-19(29)24-20(15)17(12-31)25(32)39-24/h4-5,11,14,33H,2-3,6-10,13,32H2,1H3. The van der Waals surface area contributed by atoms with Crippen molar-refractivity contribution in [3.8, 4) is 23.2 Å². The molecule has 0 aliphatic carbocycles. The highest BCUT2D eigenvalue weighted by molar-refractivity contribution is 7.23. The van der Waals surface area contributed by atoms with Gasteiger partial charge in [0.2, 0.25) is 0 Å². The van der Waals surface area contributed by atoms with Crippen molar-refractivity contribution in [2.45, 2.75) is 18.9 Å². The van der Waals surface area contributed by atoms with Crippen molar-refractivity contribution in [1.29, 1.82) is 5.26 Å². The number of hydrogen-bond acceptors (Lipinski definition) is 9. The molecule has 8 nitrogen and oxygen atoms in total. The Balaban J connectivity index is 1.54. The number of rotatable bonds is 5. The van der Waals surface area contributed by atoms with Gasteiger partial charge in [-0.05, 0) is 44.1 Å². The summed E-state index contributed by atoms with van der Waals surface area (Å²) in [6.45, 7) is 4.26. The van der Waals surface area contributed by atoms with Gasteiger partial charge in [0.05, 0.1) is 15.3 Å². The number of ether oxygens (including phenoxy) is 1. The van der Waals surface area contributed by atoms with Gasteiger partial charge in [0.1, 0.15) is 34.8 Å². The number of nitrogen functional groups attached to an aromatic ring is 1. The first-order valence-electron chi connectivity index (χ1n) is 12.8. The van der Waals surface area contributed by atoms with E-state index < -0.39 is 11.6 Å². The maximum atomic E-state index is 16.5. The molecule has 0 spiro atoms. The highest BCUT2D eigenvalue weighted by Gasteiger charge is 2.27. The van der Waals surface area contributed by atoms with Crippen LogP contribution in [0.15, 0.2) is 18.2 Å². The van der Waals surface area contributed by atoms with Crippen molar-refractivity contribution >= 4 is 54.7 Å². The summed E-state index contributed by atoms with van der Waals surface area (Å²) < 4.78 is 37.4. The normalized spacial score (nSPS) is 18.2. The van der Waals surface area contributed by atoms with Gasteiger partial charge in [0.15, 0.2) is 5.82 Å². The Hall–Kier alpha value is -3.30. The van der Waals surface area contributed by atoms with E-state index in [0.717, 1.165) is 43.8 Å². The molecule has 2 aliphatic heterocycles. The molecule has 12 heteroatoms. The maximum absolute atomic E-state index is 16.5. The summed E-state index contributed by atoms with van der Waals surface area (Å²) >= 11 is 7.68. The first-order valence-corrected chi connectivity index (χ1v) is 14.0. The van der Waals surface area contributed by atoms with Gasteiger partial charge >= 0.3 is 6.01 Å². The van der Waals surface area contributed by atoms with Crippen LogP contribution in [0.4, 0.5) is 19.6 Å². The van der Waals surface area contributed by atoms with Crippen LogP contribution in [0, 0.1) is 23.0 Å². The summed E-state index contributed by atoms with van der Waals surface area (Å²) in [6, 6.07) is 6.64. The number of nitrogens with zero attached hydrogens (tertiary/aromatic N) is 5. The first kappa shape index (κ1) is 26.0. The fourth-order valence-corrected chi connectivity index (χ4v) is 6.70. The molecule has 2 fully saturated rings. The number of nitrogens with one attached hydrogen (secondary N) is 1. The van der Waals surface area contributed by atoms with Crippen molar-refractivity contribution in [2.75, 3.05) is 57.0 Å². The number of benzene rings is 2. The second kappa shape index (κ2) is 10.4. The quantitative estimate of drug-likeness (QED) is 0.354. The molecule has 2 saturated heterocycles. The van der Waals surface area contributed by atoms with Crippen LogP contribution in [-0.4, -0.2) is 67.3 Å². The third-order valence-electron chi connectivity index (χ3n) is 7.53. The van der Waals surface area contributed by atoms with Gasteiger partial charge in [-0.2, -0.15) is 15.2 Å². The highest BCUT2D eigenvalue weighted by Crippen LogP contribution is 2.45. The number of halogens is 3. The number of likely N-dealkylation sites (N-methyl/N-ethyl adjacent to an activating group) is 1. The zero-order valence-corrected chi connectivity index (χ0v) is 22.8. The van der Waals surface area contributed by atoms with E-state index in [1.807, 2.05) is 6.07 Å². The van der Waals surface area contributed by atoms with Crippen molar-refractivity contribution in [3.05, 3.63) is 40.4 Å². The van der Waals surface area contributed by atoms with Gasteiger partial charge in [-0.15, -0.1) is 11.3 Å². The topological polar surface area (TPSA) is 103 Å². The molecule has 3 N–H and O–H groups in total. The first-order chi connectivity index (χ1) is 18.9. The monoisotopic (exact) mass is 569 g/mol. The lowest BCUT2D eigenvalue weighted by Gasteiger charge is -2.29. The number of likely N-dealkylation sites (tertiary alicyclic amines) is 1. The average molecular weight is 570 g/mol. The molecular formula is C27H26ClF2N7OS. The molecule has 0 saturated carbocycles. The molecule has 0 bridgehead atoms. The van der Waals surface area contributed by atoms with E-state index in [2.05, 4.69) is 27.1 Å². The minimum atomic E-state index is -0.694. The Morgan fingerprint density at radius 2 is 2.05 bits per heavy atom. The van der Waals surface area contributed by atoms with Crippen LogP contribution in [0.5, 0.6) is 6.01 Å². The smallest absolute Gasteiger partial charge is 0.319 e. The molecule has 2 aliphatic rings. The summed E-state index contributed by atoms with van der Waals surface area (Å²) in [5.74, 6) is -0.689. The number of piperazine rings is 1. The molecule has 39 heavy (non-hydrogen) atoms. The molecule has 202 valence electrons. The Morgan fingerprint density at radius 1 is 1.26 bits per heavy atom. The van der Waals surface area contributed by atoms with Crippen LogP contribution in [-0.2, 0) is 0 Å². The summed E-state index contributed by atoms with van der Waals surface area (Å²) in [5, 5.41) is 14.0. The number of nitriles is 1. The summed E-state index contributed by atoms with van der Waals surface area (Å²) in [4.78, 5) is 13.5. The molecule has 4 aromatic rings. The summed E-state index contributed by atoms with van der Waals surface area (Å²) in [7, 11) is 2.05. The zero-order chi connectivity index (χ0) is 27.3. The van der Waals surface area contributed by atoms with Gasteiger partial charge in [0.25, 0.3) is 0 Å². The third kappa shape index (κ3) is 4.51. The van der Waals surface area contributed by atoms with Crippen LogP contribution >= 0.6 is 22.9 Å². The van der Waals surface area contributed by atoms with E-state index in [-0.39, 0.29) is 54.4 Å². The van der Waals surface area contributed by atoms with Gasteiger partial charge in [-0.3, -0.25) is 0 Å². The van der Waals surface area contributed by atoms with Gasteiger partial charge in [0, 0.05) is 48.6 Å². The van der Waals surface area contributed by atoms with Crippen LogP contribution in [0.3, 0.4) is 0 Å². The number of anilines is 2. The van der Waals surface area contributed by atoms with Gasteiger partial charge in [-0.1, -0.05) is 17.7 Å². The van der Waals surface area contributed by atoms with E-state index >= 15 is 4.39 Å². The number of thiophene rings is 1. The largest absolute Gasteiger partial charge is 0.462 e. The van der Waals surface area contributed by atoms with Crippen LogP contribution in [0.2, 0.25) is 5.02 Å². The molecule has 0 radical (unpaired) electrons. The van der Waals surface area contributed by atoms with Crippen LogP contribution in [0.1, 0.15) is 18.4 Å². The fourth-order valence-electron chi connectivity index (χ4n) is 5.46. The number of aromatic nitrogens is 2. The molecule has 1 atom stereocenters. The van der Waals surface area contributed by atoms with Gasteiger partial charge in [-0.25, -0.2) is 8.78 Å². The lowest BCUT2D eigenvalue weighted by Crippen LogP contribution is -2.44. The van der Waals surface area contributed by atoms with E-state index in [9.17, 15) is 9.65 Å². The van der Waals surface area contributed by atoms with Crippen molar-refractivity contribution in [2.24, 2.45) is 0 Å². The highest BCUT2D eigenvalue weighted by atomic mass is 35.5.